The van der Waals surface area contributed by atoms with E-state index in [1.54, 1.807) is 11.5 Å². The first-order valence-electron chi connectivity index (χ1n) is 9.82. The molecule has 4 rings (SSSR count). The number of carbonyl (C=O) groups is 1. The Kier molecular flexibility index (Phi) is 6.78. The van der Waals surface area contributed by atoms with Gasteiger partial charge in [-0.1, -0.05) is 71.4 Å². The number of aryl methyl sites for hydroxylation is 1. The molecule has 1 atom stereocenters. The SMILES string of the molecule is Cc1ccc(-c2csc(NC(=O)C(C)n3c(N)nnc3SCc3ccccc3Cl)n2)cc1. The number of halogens is 1. The van der Waals surface area contributed by atoms with Gasteiger partial charge in [0.25, 0.3) is 0 Å². The van der Waals surface area contributed by atoms with Crippen molar-refractivity contribution in [3.05, 3.63) is 70.1 Å². The van der Waals surface area contributed by atoms with Gasteiger partial charge in [-0.25, -0.2) is 4.98 Å². The van der Waals surface area contributed by atoms with Crippen LogP contribution >= 0.6 is 34.7 Å². The number of anilines is 2. The van der Waals surface area contributed by atoms with Gasteiger partial charge in [0, 0.05) is 21.7 Å². The van der Waals surface area contributed by atoms with Crippen molar-refractivity contribution in [2.75, 3.05) is 11.1 Å². The van der Waals surface area contributed by atoms with Crippen LogP contribution in [-0.4, -0.2) is 25.7 Å². The van der Waals surface area contributed by atoms with Gasteiger partial charge in [-0.2, -0.15) is 0 Å². The van der Waals surface area contributed by atoms with Crippen LogP contribution in [0.3, 0.4) is 0 Å². The maximum Gasteiger partial charge on any atom is 0.249 e. The average molecular weight is 485 g/mol. The molecular formula is C22H21ClN6OS2. The van der Waals surface area contributed by atoms with Crippen molar-refractivity contribution in [2.45, 2.75) is 30.8 Å². The van der Waals surface area contributed by atoms with E-state index in [9.17, 15) is 4.79 Å². The molecule has 4 aromatic rings. The smallest absolute Gasteiger partial charge is 0.249 e. The zero-order valence-electron chi connectivity index (χ0n) is 17.4. The predicted molar refractivity (Wildman–Crippen MR) is 131 cm³/mol. The molecule has 0 aliphatic carbocycles. The molecule has 2 aromatic heterocycles. The minimum atomic E-state index is -0.620. The first-order valence-corrected chi connectivity index (χ1v) is 12.1. The van der Waals surface area contributed by atoms with Crippen molar-refractivity contribution >= 4 is 51.7 Å². The molecule has 7 nitrogen and oxygen atoms in total. The van der Waals surface area contributed by atoms with Crippen LogP contribution in [0.1, 0.15) is 24.1 Å². The lowest BCUT2D eigenvalue weighted by atomic mass is 10.1. The van der Waals surface area contributed by atoms with Crippen molar-refractivity contribution in [1.29, 1.82) is 0 Å². The van der Waals surface area contributed by atoms with Gasteiger partial charge in [-0.15, -0.1) is 21.5 Å². The van der Waals surface area contributed by atoms with Gasteiger partial charge in [0.1, 0.15) is 6.04 Å². The fourth-order valence-corrected chi connectivity index (χ4v) is 5.05. The summed E-state index contributed by atoms with van der Waals surface area (Å²) in [5.74, 6) is 0.508. The largest absolute Gasteiger partial charge is 0.368 e. The number of nitrogen functional groups attached to an aromatic ring is 1. The third-order valence-electron chi connectivity index (χ3n) is 4.85. The molecule has 2 aromatic carbocycles. The number of nitrogens with zero attached hydrogens (tertiary/aromatic N) is 4. The normalized spacial score (nSPS) is 12.0. The Morgan fingerprint density at radius 3 is 2.72 bits per heavy atom. The molecule has 10 heteroatoms. The number of aromatic nitrogens is 4. The molecule has 2 heterocycles. The highest BCUT2D eigenvalue weighted by atomic mass is 35.5. The molecule has 0 aliphatic heterocycles. The van der Waals surface area contributed by atoms with Gasteiger partial charge in [0.15, 0.2) is 10.3 Å². The minimum Gasteiger partial charge on any atom is -0.368 e. The van der Waals surface area contributed by atoms with Crippen LogP contribution in [0, 0.1) is 6.92 Å². The maximum atomic E-state index is 12.9. The van der Waals surface area contributed by atoms with Gasteiger partial charge in [0.05, 0.1) is 5.69 Å². The van der Waals surface area contributed by atoms with E-state index < -0.39 is 6.04 Å². The van der Waals surface area contributed by atoms with Crippen LogP contribution < -0.4 is 11.1 Å². The topological polar surface area (TPSA) is 98.7 Å². The number of amides is 1. The van der Waals surface area contributed by atoms with E-state index in [-0.39, 0.29) is 11.9 Å². The second kappa shape index (κ2) is 9.72. The standard InChI is InChI=1S/C22H21ClN6OS2/c1-13-7-9-15(10-8-13)18-12-31-21(25-18)26-19(30)14(2)29-20(24)27-28-22(29)32-11-16-5-3-4-6-17(16)23/h3-10,12,14H,11H2,1-2H3,(H2,24,27)(H,25,26,30). The van der Waals surface area contributed by atoms with Crippen LogP contribution in [0.15, 0.2) is 59.1 Å². The number of rotatable bonds is 7. The van der Waals surface area contributed by atoms with Crippen molar-refractivity contribution in [3.8, 4) is 11.3 Å². The minimum absolute atomic E-state index is 0.175. The maximum absolute atomic E-state index is 12.9. The Morgan fingerprint density at radius 2 is 1.97 bits per heavy atom. The summed E-state index contributed by atoms with van der Waals surface area (Å²) in [5.41, 5.74) is 9.99. The Bertz CT molecular complexity index is 1240. The van der Waals surface area contributed by atoms with Crippen LogP contribution in [0.2, 0.25) is 5.02 Å². The van der Waals surface area contributed by atoms with E-state index in [0.29, 0.717) is 21.1 Å². The summed E-state index contributed by atoms with van der Waals surface area (Å²) in [6, 6.07) is 15.1. The van der Waals surface area contributed by atoms with E-state index >= 15 is 0 Å². The number of nitrogens with one attached hydrogen (secondary N) is 1. The van der Waals surface area contributed by atoms with Crippen LogP contribution in [-0.2, 0) is 10.5 Å². The van der Waals surface area contributed by atoms with E-state index in [4.69, 9.17) is 17.3 Å². The first kappa shape index (κ1) is 22.3. The van der Waals surface area contributed by atoms with Gasteiger partial charge < -0.3 is 11.1 Å². The molecule has 164 valence electrons. The average Bonchev–Trinajstić information content (AvgIpc) is 3.39. The number of thioether (sulfide) groups is 1. The zero-order valence-corrected chi connectivity index (χ0v) is 19.8. The molecule has 1 unspecified atom stereocenters. The van der Waals surface area contributed by atoms with E-state index in [1.165, 1.54) is 28.7 Å². The molecule has 32 heavy (non-hydrogen) atoms. The molecule has 1 amide bonds. The third kappa shape index (κ3) is 4.95. The molecule has 0 saturated carbocycles. The number of hydrogen-bond donors (Lipinski definition) is 2. The molecular weight excluding hydrogens is 464 g/mol. The van der Waals surface area contributed by atoms with Crippen LogP contribution in [0.25, 0.3) is 11.3 Å². The Labute approximate surface area is 199 Å². The predicted octanol–water partition coefficient (Wildman–Crippen LogP) is 5.44. The summed E-state index contributed by atoms with van der Waals surface area (Å²) in [5, 5.41) is 14.6. The van der Waals surface area contributed by atoms with Crippen LogP contribution in [0.5, 0.6) is 0 Å². The summed E-state index contributed by atoms with van der Waals surface area (Å²) in [6.45, 7) is 3.79. The number of benzene rings is 2. The Morgan fingerprint density at radius 1 is 1.22 bits per heavy atom. The van der Waals surface area contributed by atoms with Gasteiger partial charge in [-0.05, 0) is 25.5 Å². The second-order valence-corrected chi connectivity index (χ2v) is 9.37. The fourth-order valence-electron chi connectivity index (χ4n) is 3.02. The van der Waals surface area contributed by atoms with Gasteiger partial charge in [-0.3, -0.25) is 9.36 Å². The summed E-state index contributed by atoms with van der Waals surface area (Å²) < 4.78 is 1.62. The zero-order chi connectivity index (χ0) is 22.7. The van der Waals surface area contributed by atoms with Gasteiger partial charge in [0.2, 0.25) is 11.9 Å². The van der Waals surface area contributed by atoms with Crippen molar-refractivity contribution in [2.24, 2.45) is 0 Å². The highest BCUT2D eigenvalue weighted by Gasteiger charge is 2.23. The van der Waals surface area contributed by atoms with E-state index in [2.05, 4.69) is 20.5 Å². The Hall–Kier alpha value is -2.88. The molecule has 0 radical (unpaired) electrons. The quantitative estimate of drug-likeness (QED) is 0.339. The van der Waals surface area contributed by atoms with E-state index in [1.807, 2.05) is 60.8 Å². The summed E-state index contributed by atoms with van der Waals surface area (Å²) >= 11 is 9.04. The monoisotopic (exact) mass is 484 g/mol. The molecule has 0 spiro atoms. The number of nitrogens with two attached hydrogens (primary N) is 1. The molecule has 0 fully saturated rings. The highest BCUT2D eigenvalue weighted by molar-refractivity contribution is 7.98. The summed E-state index contributed by atoms with van der Waals surface area (Å²) in [6.07, 6.45) is 0. The highest BCUT2D eigenvalue weighted by Crippen LogP contribution is 2.30. The number of thiazole rings is 1. The van der Waals surface area contributed by atoms with Crippen molar-refractivity contribution < 1.29 is 4.79 Å². The molecule has 0 bridgehead atoms. The molecule has 0 aliphatic rings. The van der Waals surface area contributed by atoms with Gasteiger partial charge >= 0.3 is 0 Å². The fraction of sp³-hybridized carbons (Fsp3) is 0.182. The number of hydrogen-bond acceptors (Lipinski definition) is 7. The lowest BCUT2D eigenvalue weighted by Crippen LogP contribution is -2.25. The Balaban J connectivity index is 1.46. The lowest BCUT2D eigenvalue weighted by Gasteiger charge is -2.15. The third-order valence-corrected chi connectivity index (χ3v) is 6.97. The van der Waals surface area contributed by atoms with Crippen molar-refractivity contribution in [3.63, 3.8) is 0 Å². The summed E-state index contributed by atoms with van der Waals surface area (Å²) in [4.78, 5) is 17.5. The molecule has 0 saturated heterocycles. The molecule has 3 N–H and O–H groups in total. The van der Waals surface area contributed by atoms with Crippen molar-refractivity contribution in [1.82, 2.24) is 19.7 Å². The summed E-state index contributed by atoms with van der Waals surface area (Å²) in [7, 11) is 0. The van der Waals surface area contributed by atoms with E-state index in [0.717, 1.165) is 16.8 Å². The van der Waals surface area contributed by atoms with Crippen LogP contribution in [0.4, 0.5) is 11.1 Å². The number of carbonyl (C=O) groups excluding carboxylic acids is 1. The second-order valence-electron chi connectivity index (χ2n) is 7.16. The lowest BCUT2D eigenvalue weighted by molar-refractivity contribution is -0.118. The first-order chi connectivity index (χ1) is 15.4.